The molecule has 90 valence electrons. The Morgan fingerprint density at radius 1 is 1.31 bits per heavy atom. The van der Waals surface area contributed by atoms with Crippen LogP contribution in [0, 0.1) is 11.7 Å². The largest absolute Gasteiger partial charge is 0.326 e. The molecule has 0 unspecified atom stereocenters. The molecule has 3 heteroatoms. The molecule has 0 saturated heterocycles. The normalized spacial score (nSPS) is 11.1. The van der Waals surface area contributed by atoms with Crippen molar-refractivity contribution in [1.29, 1.82) is 0 Å². The van der Waals surface area contributed by atoms with Gasteiger partial charge in [-0.15, -0.1) is 0 Å². The van der Waals surface area contributed by atoms with Crippen LogP contribution in [-0.2, 0) is 12.3 Å². The van der Waals surface area contributed by atoms with Crippen molar-refractivity contribution >= 4 is 11.8 Å². The summed E-state index contributed by atoms with van der Waals surface area (Å²) in [7, 11) is 0. The predicted molar refractivity (Wildman–Crippen MR) is 69.9 cm³/mol. The number of hydrogen-bond donors (Lipinski definition) is 1. The van der Waals surface area contributed by atoms with Crippen molar-refractivity contribution < 1.29 is 4.39 Å². The van der Waals surface area contributed by atoms with Gasteiger partial charge in [0, 0.05) is 12.3 Å². The number of halogens is 1. The molecule has 0 fully saturated rings. The van der Waals surface area contributed by atoms with Gasteiger partial charge in [0.05, 0.1) is 0 Å². The lowest BCUT2D eigenvalue weighted by Gasteiger charge is -2.08. The lowest BCUT2D eigenvalue weighted by molar-refractivity contribution is 0.624. The standard InChI is InChI=1S/C13H20FNS/c1-10(2)5-6-16-9-11-3-4-13(14)7-12(11)8-15/h3-4,7,10H,5-6,8-9,15H2,1-2H3. The van der Waals surface area contributed by atoms with Crippen molar-refractivity contribution in [1.82, 2.24) is 0 Å². The molecule has 0 spiro atoms. The topological polar surface area (TPSA) is 26.0 Å². The van der Waals surface area contributed by atoms with Crippen molar-refractivity contribution in [2.45, 2.75) is 32.6 Å². The van der Waals surface area contributed by atoms with Crippen molar-refractivity contribution in [2.75, 3.05) is 5.75 Å². The summed E-state index contributed by atoms with van der Waals surface area (Å²) in [5, 5.41) is 0. The molecular formula is C13H20FNS. The van der Waals surface area contributed by atoms with Crippen molar-refractivity contribution in [3.8, 4) is 0 Å². The van der Waals surface area contributed by atoms with E-state index >= 15 is 0 Å². The molecule has 0 saturated carbocycles. The fourth-order valence-corrected chi connectivity index (χ4v) is 2.71. The second-order valence-corrected chi connectivity index (χ2v) is 5.46. The van der Waals surface area contributed by atoms with Crippen LogP contribution in [-0.4, -0.2) is 5.75 Å². The van der Waals surface area contributed by atoms with Gasteiger partial charge in [-0.1, -0.05) is 19.9 Å². The Kier molecular flexibility index (Phi) is 5.85. The summed E-state index contributed by atoms with van der Waals surface area (Å²) in [6.07, 6.45) is 1.23. The van der Waals surface area contributed by atoms with Gasteiger partial charge in [-0.05, 0) is 41.4 Å². The smallest absolute Gasteiger partial charge is 0.123 e. The van der Waals surface area contributed by atoms with Crippen LogP contribution in [0.1, 0.15) is 31.4 Å². The molecule has 1 aromatic rings. The quantitative estimate of drug-likeness (QED) is 0.771. The zero-order valence-corrected chi connectivity index (χ0v) is 10.8. The molecule has 16 heavy (non-hydrogen) atoms. The average Bonchev–Trinajstić information content (AvgIpc) is 2.25. The lowest BCUT2D eigenvalue weighted by Crippen LogP contribution is -2.02. The van der Waals surface area contributed by atoms with Crippen LogP contribution in [0.2, 0.25) is 0 Å². The van der Waals surface area contributed by atoms with Gasteiger partial charge in [-0.3, -0.25) is 0 Å². The molecule has 0 heterocycles. The Hall–Kier alpha value is -0.540. The van der Waals surface area contributed by atoms with Gasteiger partial charge >= 0.3 is 0 Å². The van der Waals surface area contributed by atoms with E-state index in [4.69, 9.17) is 5.73 Å². The predicted octanol–water partition coefficient (Wildman–Crippen LogP) is 3.56. The molecule has 1 nitrogen and oxygen atoms in total. The van der Waals surface area contributed by atoms with Gasteiger partial charge < -0.3 is 5.73 Å². The van der Waals surface area contributed by atoms with E-state index in [1.165, 1.54) is 12.5 Å². The highest BCUT2D eigenvalue weighted by atomic mass is 32.2. The lowest BCUT2D eigenvalue weighted by atomic mass is 10.1. The van der Waals surface area contributed by atoms with E-state index in [9.17, 15) is 4.39 Å². The zero-order chi connectivity index (χ0) is 12.0. The van der Waals surface area contributed by atoms with Crippen LogP contribution >= 0.6 is 11.8 Å². The van der Waals surface area contributed by atoms with Gasteiger partial charge in [0.2, 0.25) is 0 Å². The summed E-state index contributed by atoms with van der Waals surface area (Å²) in [5.41, 5.74) is 7.69. The Labute approximate surface area is 102 Å². The molecule has 0 aliphatic carbocycles. The maximum atomic E-state index is 13.0. The minimum absolute atomic E-state index is 0.198. The zero-order valence-electron chi connectivity index (χ0n) is 10.0. The van der Waals surface area contributed by atoms with E-state index < -0.39 is 0 Å². The second kappa shape index (κ2) is 6.92. The van der Waals surface area contributed by atoms with Crippen LogP contribution in [0.3, 0.4) is 0 Å². The third kappa shape index (κ3) is 4.54. The minimum atomic E-state index is -0.198. The molecule has 0 aliphatic heterocycles. The number of rotatable bonds is 6. The molecular weight excluding hydrogens is 221 g/mol. The number of thioether (sulfide) groups is 1. The Morgan fingerprint density at radius 2 is 2.06 bits per heavy atom. The SMILES string of the molecule is CC(C)CCSCc1ccc(F)cc1CN. The minimum Gasteiger partial charge on any atom is -0.326 e. The fraction of sp³-hybridized carbons (Fsp3) is 0.538. The van der Waals surface area contributed by atoms with Crippen LogP contribution in [0.5, 0.6) is 0 Å². The first-order valence-corrected chi connectivity index (χ1v) is 6.84. The van der Waals surface area contributed by atoms with Gasteiger partial charge in [0.25, 0.3) is 0 Å². The highest BCUT2D eigenvalue weighted by molar-refractivity contribution is 7.98. The summed E-state index contributed by atoms with van der Waals surface area (Å²) in [5.74, 6) is 2.63. The summed E-state index contributed by atoms with van der Waals surface area (Å²) < 4.78 is 13.0. The molecule has 0 atom stereocenters. The van der Waals surface area contributed by atoms with Gasteiger partial charge in [0.15, 0.2) is 0 Å². The average molecular weight is 241 g/mol. The first-order valence-electron chi connectivity index (χ1n) is 5.68. The first-order chi connectivity index (χ1) is 7.63. The fourth-order valence-electron chi connectivity index (χ4n) is 1.43. The maximum Gasteiger partial charge on any atom is 0.123 e. The highest BCUT2D eigenvalue weighted by Gasteiger charge is 2.03. The van der Waals surface area contributed by atoms with E-state index in [1.54, 1.807) is 6.07 Å². The van der Waals surface area contributed by atoms with E-state index in [1.807, 2.05) is 17.8 Å². The Morgan fingerprint density at radius 3 is 2.69 bits per heavy atom. The number of nitrogens with two attached hydrogens (primary N) is 1. The highest BCUT2D eigenvalue weighted by Crippen LogP contribution is 2.19. The second-order valence-electron chi connectivity index (χ2n) is 4.35. The third-order valence-corrected chi connectivity index (χ3v) is 3.52. The molecule has 0 radical (unpaired) electrons. The number of hydrogen-bond acceptors (Lipinski definition) is 2. The van der Waals surface area contributed by atoms with Crippen molar-refractivity contribution in [3.63, 3.8) is 0 Å². The molecule has 0 aromatic heterocycles. The number of benzene rings is 1. The molecule has 1 aromatic carbocycles. The van der Waals surface area contributed by atoms with Crippen molar-refractivity contribution in [3.05, 3.63) is 35.1 Å². The monoisotopic (exact) mass is 241 g/mol. The van der Waals surface area contributed by atoms with Gasteiger partial charge in [-0.25, -0.2) is 4.39 Å². The van der Waals surface area contributed by atoms with E-state index in [0.29, 0.717) is 6.54 Å². The van der Waals surface area contributed by atoms with E-state index in [0.717, 1.165) is 28.6 Å². The maximum absolute atomic E-state index is 13.0. The van der Waals surface area contributed by atoms with E-state index in [2.05, 4.69) is 13.8 Å². The van der Waals surface area contributed by atoms with Crippen LogP contribution in [0.15, 0.2) is 18.2 Å². The van der Waals surface area contributed by atoms with Crippen LogP contribution < -0.4 is 5.73 Å². The first kappa shape index (κ1) is 13.5. The van der Waals surface area contributed by atoms with Gasteiger partial charge in [-0.2, -0.15) is 11.8 Å². The van der Waals surface area contributed by atoms with Crippen molar-refractivity contribution in [2.24, 2.45) is 11.7 Å². The van der Waals surface area contributed by atoms with E-state index in [-0.39, 0.29) is 5.82 Å². The molecule has 0 bridgehead atoms. The molecule has 1 rings (SSSR count). The Bertz CT molecular complexity index is 326. The van der Waals surface area contributed by atoms with Crippen LogP contribution in [0.4, 0.5) is 4.39 Å². The summed E-state index contributed by atoms with van der Waals surface area (Å²) >= 11 is 1.89. The Balaban J connectivity index is 2.47. The summed E-state index contributed by atoms with van der Waals surface area (Å²) in [6.45, 7) is 4.87. The van der Waals surface area contributed by atoms with Gasteiger partial charge in [0.1, 0.15) is 5.82 Å². The molecule has 0 aliphatic rings. The summed E-state index contributed by atoms with van der Waals surface area (Å²) in [4.78, 5) is 0. The molecule has 0 amide bonds. The third-order valence-electron chi connectivity index (χ3n) is 2.49. The summed E-state index contributed by atoms with van der Waals surface area (Å²) in [6, 6.07) is 4.90. The molecule has 2 N–H and O–H groups in total. The van der Waals surface area contributed by atoms with Crippen LogP contribution in [0.25, 0.3) is 0 Å².